The van der Waals surface area contributed by atoms with Crippen molar-refractivity contribution >= 4 is 33.2 Å². The number of anilines is 1. The van der Waals surface area contributed by atoms with E-state index in [9.17, 15) is 4.79 Å². The Hall–Kier alpha value is -1.40. The standard InChI is InChI=1S/C14H17BrN2O3/c15-10-2-1-3-12(8-10)16-14(18)9-20-13-6-4-11(17-19)5-7-13/h1-3,8,13,19H,4-7,9H2,(H,16,18). The Kier molecular flexibility index (Phi) is 5.55. The molecule has 0 unspecified atom stereocenters. The predicted octanol–water partition coefficient (Wildman–Crippen LogP) is 3.18. The van der Waals surface area contributed by atoms with Gasteiger partial charge in [0.1, 0.15) is 6.61 Å². The second kappa shape index (κ2) is 7.40. The summed E-state index contributed by atoms with van der Waals surface area (Å²) in [6, 6.07) is 7.42. The third kappa shape index (κ3) is 4.61. The van der Waals surface area contributed by atoms with Crippen LogP contribution in [0.4, 0.5) is 5.69 Å². The molecule has 0 saturated heterocycles. The number of ether oxygens (including phenoxy) is 1. The van der Waals surface area contributed by atoms with Crippen LogP contribution in [0.15, 0.2) is 33.9 Å². The molecule has 0 atom stereocenters. The zero-order chi connectivity index (χ0) is 14.4. The topological polar surface area (TPSA) is 70.9 Å². The number of hydrogen-bond donors (Lipinski definition) is 2. The summed E-state index contributed by atoms with van der Waals surface area (Å²) < 4.78 is 6.50. The van der Waals surface area contributed by atoms with Crippen molar-refractivity contribution in [2.24, 2.45) is 5.16 Å². The number of carbonyl (C=O) groups is 1. The molecule has 0 radical (unpaired) electrons. The van der Waals surface area contributed by atoms with E-state index in [1.54, 1.807) is 0 Å². The van der Waals surface area contributed by atoms with Crippen LogP contribution in [0.1, 0.15) is 25.7 Å². The normalized spacial score (nSPS) is 18.6. The summed E-state index contributed by atoms with van der Waals surface area (Å²) in [5, 5.41) is 14.7. The average Bonchev–Trinajstić information content (AvgIpc) is 2.46. The third-order valence-electron chi connectivity index (χ3n) is 3.21. The molecule has 2 rings (SSSR count). The van der Waals surface area contributed by atoms with E-state index in [0.29, 0.717) is 0 Å². The highest BCUT2D eigenvalue weighted by atomic mass is 79.9. The van der Waals surface area contributed by atoms with Crippen molar-refractivity contribution < 1.29 is 14.7 Å². The molecule has 6 heteroatoms. The molecule has 0 bridgehead atoms. The Bertz CT molecular complexity index is 495. The van der Waals surface area contributed by atoms with Crippen LogP contribution in [0, 0.1) is 0 Å². The third-order valence-corrected chi connectivity index (χ3v) is 3.70. The first-order valence-corrected chi connectivity index (χ1v) is 7.33. The summed E-state index contributed by atoms with van der Waals surface area (Å²) in [4.78, 5) is 11.8. The van der Waals surface area contributed by atoms with Gasteiger partial charge in [-0.25, -0.2) is 0 Å². The largest absolute Gasteiger partial charge is 0.411 e. The molecule has 1 amide bonds. The Balaban J connectivity index is 1.73. The summed E-state index contributed by atoms with van der Waals surface area (Å²) in [5.41, 5.74) is 1.55. The van der Waals surface area contributed by atoms with Gasteiger partial charge < -0.3 is 15.3 Å². The van der Waals surface area contributed by atoms with Gasteiger partial charge in [0.2, 0.25) is 5.91 Å². The van der Waals surface area contributed by atoms with Crippen LogP contribution in [0.5, 0.6) is 0 Å². The second-order valence-electron chi connectivity index (χ2n) is 4.74. The van der Waals surface area contributed by atoms with Gasteiger partial charge in [0.25, 0.3) is 0 Å². The van der Waals surface area contributed by atoms with E-state index in [1.807, 2.05) is 24.3 Å². The lowest BCUT2D eigenvalue weighted by atomic mass is 9.96. The van der Waals surface area contributed by atoms with Crippen LogP contribution in [0.25, 0.3) is 0 Å². The first-order chi connectivity index (χ1) is 9.67. The van der Waals surface area contributed by atoms with E-state index >= 15 is 0 Å². The number of carbonyl (C=O) groups excluding carboxylic acids is 1. The van der Waals surface area contributed by atoms with Crippen LogP contribution in [-0.2, 0) is 9.53 Å². The van der Waals surface area contributed by atoms with Gasteiger partial charge in [-0.2, -0.15) is 0 Å². The average molecular weight is 341 g/mol. The van der Waals surface area contributed by atoms with E-state index in [2.05, 4.69) is 26.4 Å². The highest BCUT2D eigenvalue weighted by Gasteiger charge is 2.19. The molecule has 108 valence electrons. The first kappa shape index (κ1) is 15.0. The number of nitrogens with zero attached hydrogens (tertiary/aromatic N) is 1. The predicted molar refractivity (Wildman–Crippen MR) is 80.2 cm³/mol. The molecule has 1 aliphatic rings. The quantitative estimate of drug-likeness (QED) is 0.653. The molecule has 0 aliphatic heterocycles. The number of oxime groups is 1. The smallest absolute Gasteiger partial charge is 0.250 e. The van der Waals surface area contributed by atoms with Crippen molar-refractivity contribution in [2.45, 2.75) is 31.8 Å². The van der Waals surface area contributed by atoms with Crippen LogP contribution in [-0.4, -0.2) is 29.5 Å². The Labute approximate surface area is 126 Å². The summed E-state index contributed by atoms with van der Waals surface area (Å²) >= 11 is 3.35. The van der Waals surface area contributed by atoms with E-state index in [-0.39, 0.29) is 18.6 Å². The van der Waals surface area contributed by atoms with Crippen LogP contribution in [0.3, 0.4) is 0 Å². The fourth-order valence-electron chi connectivity index (χ4n) is 2.15. The number of hydrogen-bond acceptors (Lipinski definition) is 4. The lowest BCUT2D eigenvalue weighted by Gasteiger charge is -2.22. The molecule has 1 aromatic rings. The minimum Gasteiger partial charge on any atom is -0.411 e. The molecule has 1 aromatic carbocycles. The van der Waals surface area contributed by atoms with E-state index in [1.165, 1.54) is 0 Å². The van der Waals surface area contributed by atoms with E-state index in [0.717, 1.165) is 41.6 Å². The molecule has 5 nitrogen and oxygen atoms in total. The van der Waals surface area contributed by atoms with Crippen LogP contribution < -0.4 is 5.32 Å². The summed E-state index contributed by atoms with van der Waals surface area (Å²) in [6.07, 6.45) is 3.12. The highest BCUT2D eigenvalue weighted by Crippen LogP contribution is 2.19. The zero-order valence-electron chi connectivity index (χ0n) is 11.0. The highest BCUT2D eigenvalue weighted by molar-refractivity contribution is 9.10. The fraction of sp³-hybridized carbons (Fsp3) is 0.429. The van der Waals surface area contributed by atoms with Crippen LogP contribution >= 0.6 is 15.9 Å². The van der Waals surface area contributed by atoms with Crippen LogP contribution in [0.2, 0.25) is 0 Å². The van der Waals surface area contributed by atoms with Gasteiger partial charge in [0, 0.05) is 10.2 Å². The minimum atomic E-state index is -0.162. The molecule has 2 N–H and O–H groups in total. The van der Waals surface area contributed by atoms with Gasteiger partial charge in [-0.15, -0.1) is 0 Å². The van der Waals surface area contributed by atoms with Crippen molar-refractivity contribution in [2.75, 3.05) is 11.9 Å². The second-order valence-corrected chi connectivity index (χ2v) is 5.65. The maximum Gasteiger partial charge on any atom is 0.250 e. The van der Waals surface area contributed by atoms with Crippen molar-refractivity contribution in [1.82, 2.24) is 0 Å². The maximum atomic E-state index is 11.8. The van der Waals surface area contributed by atoms with E-state index in [4.69, 9.17) is 9.94 Å². The van der Waals surface area contributed by atoms with Gasteiger partial charge in [-0.1, -0.05) is 27.2 Å². The van der Waals surface area contributed by atoms with Gasteiger partial charge in [-0.3, -0.25) is 4.79 Å². The summed E-state index contributed by atoms with van der Waals surface area (Å²) in [5.74, 6) is -0.162. The molecule has 0 spiro atoms. The van der Waals surface area contributed by atoms with Gasteiger partial charge in [-0.05, 0) is 43.9 Å². The fourth-order valence-corrected chi connectivity index (χ4v) is 2.55. The van der Waals surface area contributed by atoms with Crippen molar-refractivity contribution in [3.8, 4) is 0 Å². The molecule has 1 saturated carbocycles. The monoisotopic (exact) mass is 340 g/mol. The lowest BCUT2D eigenvalue weighted by molar-refractivity contribution is -0.122. The molecular formula is C14H17BrN2O3. The maximum absolute atomic E-state index is 11.8. The van der Waals surface area contributed by atoms with Gasteiger partial charge in [0.15, 0.2) is 0 Å². The molecule has 0 heterocycles. The van der Waals surface area contributed by atoms with Crippen molar-refractivity contribution in [1.29, 1.82) is 0 Å². The van der Waals surface area contributed by atoms with E-state index < -0.39 is 0 Å². The zero-order valence-corrected chi connectivity index (χ0v) is 12.6. The number of benzene rings is 1. The number of rotatable bonds is 4. The van der Waals surface area contributed by atoms with Gasteiger partial charge in [0.05, 0.1) is 11.8 Å². The molecule has 0 aromatic heterocycles. The summed E-state index contributed by atoms with van der Waals surface area (Å²) in [7, 11) is 0. The lowest BCUT2D eigenvalue weighted by Crippen LogP contribution is -2.26. The minimum absolute atomic E-state index is 0.0444. The Morgan fingerprint density at radius 2 is 2.20 bits per heavy atom. The van der Waals surface area contributed by atoms with Crippen molar-refractivity contribution in [3.63, 3.8) is 0 Å². The van der Waals surface area contributed by atoms with Gasteiger partial charge >= 0.3 is 0 Å². The van der Waals surface area contributed by atoms with Crippen molar-refractivity contribution in [3.05, 3.63) is 28.7 Å². The molecule has 1 aliphatic carbocycles. The molecule has 1 fully saturated rings. The SMILES string of the molecule is O=C(COC1CCC(=NO)CC1)Nc1cccc(Br)c1. The summed E-state index contributed by atoms with van der Waals surface area (Å²) in [6.45, 7) is 0.0444. The first-order valence-electron chi connectivity index (χ1n) is 6.54. The number of nitrogens with one attached hydrogen (secondary N) is 1. The number of halogens is 1. The molecular weight excluding hydrogens is 324 g/mol. The Morgan fingerprint density at radius 3 is 2.85 bits per heavy atom. The number of amides is 1. The molecule has 20 heavy (non-hydrogen) atoms. The Morgan fingerprint density at radius 1 is 1.45 bits per heavy atom.